The molecule has 96 valence electrons. The topological polar surface area (TPSA) is 23.8 Å². The number of unbranched alkanes of at least 4 members (excludes halogenated alkanes) is 9. The van der Waals surface area contributed by atoms with E-state index < -0.39 is 0 Å². The van der Waals surface area contributed by atoms with Gasteiger partial charge in [-0.05, 0) is 11.7 Å². The number of thioether (sulfide) groups is 1. The Morgan fingerprint density at radius 2 is 1.35 bits per heavy atom. The maximum atomic E-state index is 8.21. The molecule has 0 aromatic carbocycles. The molecule has 1 nitrogen and oxygen atoms in total. The van der Waals surface area contributed by atoms with E-state index in [4.69, 9.17) is 5.26 Å². The van der Waals surface area contributed by atoms with Crippen molar-refractivity contribution in [2.75, 3.05) is 5.75 Å². The van der Waals surface area contributed by atoms with E-state index in [2.05, 4.69) is 18.1 Å². The average molecular weight is 251 g/mol. The van der Waals surface area contributed by atoms with Crippen LogP contribution in [0.25, 0.3) is 0 Å². The molecule has 0 bridgehead atoms. The van der Waals surface area contributed by atoms with Crippen LogP contribution in [0, 0.1) is 22.5 Å². The first kappa shape index (κ1) is 16.4. The highest BCUT2D eigenvalue weighted by atomic mass is 32.2. The van der Waals surface area contributed by atoms with Crippen molar-refractivity contribution in [3.8, 4) is 17.2 Å². The standard InChI is InChI=1S/C15H25NS/c1-2-3-4-5-6-7-8-9-10-11-14-17-15-12-13-16/h2-11,14H2,1H3. The molecular formula is C15H25NS. The zero-order valence-electron chi connectivity index (χ0n) is 11.1. The van der Waals surface area contributed by atoms with E-state index in [1.54, 1.807) is 11.8 Å². The molecule has 0 saturated heterocycles. The summed E-state index contributed by atoms with van der Waals surface area (Å²) in [5.74, 6) is 3.48. The van der Waals surface area contributed by atoms with Gasteiger partial charge in [-0.25, -0.2) is 0 Å². The largest absolute Gasteiger partial charge is 0.183 e. The van der Waals surface area contributed by atoms with Crippen LogP contribution in [0.4, 0.5) is 0 Å². The summed E-state index contributed by atoms with van der Waals surface area (Å²) in [4.78, 5) is 0. The van der Waals surface area contributed by atoms with Crippen LogP contribution in [0.15, 0.2) is 0 Å². The first-order chi connectivity index (χ1) is 8.41. The predicted molar refractivity (Wildman–Crippen MR) is 77.7 cm³/mol. The first-order valence-corrected chi connectivity index (χ1v) is 7.91. The van der Waals surface area contributed by atoms with Crippen molar-refractivity contribution < 1.29 is 0 Å². The Morgan fingerprint density at radius 1 is 0.824 bits per heavy atom. The number of hydrogen-bond donors (Lipinski definition) is 0. The monoisotopic (exact) mass is 251 g/mol. The molecule has 0 atom stereocenters. The highest BCUT2D eigenvalue weighted by molar-refractivity contribution is 8.03. The van der Waals surface area contributed by atoms with Crippen LogP contribution >= 0.6 is 11.8 Å². The van der Waals surface area contributed by atoms with Gasteiger partial charge in [0.1, 0.15) is 0 Å². The van der Waals surface area contributed by atoms with Crippen LogP contribution in [0.3, 0.4) is 0 Å². The van der Waals surface area contributed by atoms with Gasteiger partial charge in [0.15, 0.2) is 6.07 Å². The predicted octanol–water partition coefficient (Wildman–Crippen LogP) is 5.12. The molecule has 0 aliphatic heterocycles. The number of hydrogen-bond acceptors (Lipinski definition) is 2. The van der Waals surface area contributed by atoms with Crippen molar-refractivity contribution in [3.05, 3.63) is 0 Å². The molecule has 0 N–H and O–H groups in total. The van der Waals surface area contributed by atoms with Gasteiger partial charge in [0.05, 0.1) is 0 Å². The fourth-order valence-electron chi connectivity index (χ4n) is 1.77. The molecule has 0 aliphatic rings. The van der Waals surface area contributed by atoms with E-state index in [1.807, 2.05) is 6.07 Å². The molecule has 2 heteroatoms. The summed E-state index contributed by atoms with van der Waals surface area (Å²) in [6.45, 7) is 2.26. The third kappa shape index (κ3) is 15.4. The minimum atomic E-state index is 1.07. The number of nitriles is 1. The van der Waals surface area contributed by atoms with Crippen LogP contribution in [0.5, 0.6) is 0 Å². The molecule has 0 aromatic rings. The lowest BCUT2D eigenvalue weighted by Crippen LogP contribution is -1.83. The fraction of sp³-hybridized carbons (Fsp3) is 0.800. The van der Waals surface area contributed by atoms with Crippen LogP contribution in [-0.2, 0) is 0 Å². The summed E-state index contributed by atoms with van der Waals surface area (Å²) in [6, 6.07) is 1.83. The molecule has 0 radical (unpaired) electrons. The van der Waals surface area contributed by atoms with Crippen molar-refractivity contribution in [1.82, 2.24) is 0 Å². The smallest absolute Gasteiger partial charge is 0.153 e. The molecule has 0 spiro atoms. The third-order valence-electron chi connectivity index (χ3n) is 2.78. The summed E-state index contributed by atoms with van der Waals surface area (Å²) in [5.41, 5.74) is 0. The van der Waals surface area contributed by atoms with Gasteiger partial charge in [-0.2, -0.15) is 5.26 Å². The SMILES string of the molecule is CCCCCCCCCCCCSC#CC#N. The van der Waals surface area contributed by atoms with Gasteiger partial charge in [0, 0.05) is 11.7 Å². The highest BCUT2D eigenvalue weighted by Crippen LogP contribution is 2.11. The molecule has 17 heavy (non-hydrogen) atoms. The molecule has 0 amide bonds. The Balaban J connectivity index is 2.97. The molecule has 0 unspecified atom stereocenters. The van der Waals surface area contributed by atoms with Gasteiger partial charge < -0.3 is 0 Å². The number of nitrogens with zero attached hydrogens (tertiary/aromatic N) is 1. The van der Waals surface area contributed by atoms with Crippen molar-refractivity contribution in [2.24, 2.45) is 0 Å². The van der Waals surface area contributed by atoms with Gasteiger partial charge in [-0.15, -0.1) is 0 Å². The summed E-state index contributed by atoms with van der Waals surface area (Å²) in [5, 5.41) is 11.0. The molecular weight excluding hydrogens is 226 g/mol. The van der Waals surface area contributed by atoms with Crippen LogP contribution in [-0.4, -0.2) is 5.75 Å². The minimum absolute atomic E-state index is 1.07. The quantitative estimate of drug-likeness (QED) is 0.375. The zero-order valence-corrected chi connectivity index (χ0v) is 12.0. The Bertz CT molecular complexity index is 244. The van der Waals surface area contributed by atoms with Crippen LogP contribution in [0.2, 0.25) is 0 Å². The normalized spacial score (nSPS) is 9.41. The van der Waals surface area contributed by atoms with Crippen molar-refractivity contribution in [1.29, 1.82) is 5.26 Å². The lowest BCUT2D eigenvalue weighted by molar-refractivity contribution is 0.563. The van der Waals surface area contributed by atoms with Gasteiger partial charge in [-0.1, -0.05) is 76.5 Å². The van der Waals surface area contributed by atoms with Crippen molar-refractivity contribution in [3.63, 3.8) is 0 Å². The Kier molecular flexibility index (Phi) is 14.9. The molecule has 0 heterocycles. The average Bonchev–Trinajstić information content (AvgIpc) is 2.35. The molecule has 0 fully saturated rings. The van der Waals surface area contributed by atoms with E-state index in [0.717, 1.165) is 5.75 Å². The minimum Gasteiger partial charge on any atom is -0.183 e. The van der Waals surface area contributed by atoms with Crippen molar-refractivity contribution >= 4 is 11.8 Å². The molecule has 0 rings (SSSR count). The van der Waals surface area contributed by atoms with E-state index in [0.29, 0.717) is 0 Å². The van der Waals surface area contributed by atoms with E-state index in [-0.39, 0.29) is 0 Å². The van der Waals surface area contributed by atoms with E-state index in [9.17, 15) is 0 Å². The summed E-state index contributed by atoms with van der Waals surface area (Å²) in [7, 11) is 0. The number of rotatable bonds is 11. The Morgan fingerprint density at radius 3 is 1.88 bits per heavy atom. The maximum Gasteiger partial charge on any atom is 0.153 e. The Labute approximate surface area is 111 Å². The van der Waals surface area contributed by atoms with Crippen LogP contribution < -0.4 is 0 Å². The highest BCUT2D eigenvalue weighted by Gasteiger charge is 1.92. The van der Waals surface area contributed by atoms with Gasteiger partial charge in [0.2, 0.25) is 0 Å². The maximum absolute atomic E-state index is 8.21. The van der Waals surface area contributed by atoms with Gasteiger partial charge >= 0.3 is 0 Å². The van der Waals surface area contributed by atoms with Crippen LogP contribution in [0.1, 0.15) is 71.1 Å². The summed E-state index contributed by atoms with van der Waals surface area (Å²) < 4.78 is 0. The molecule has 0 saturated carbocycles. The lowest BCUT2D eigenvalue weighted by atomic mass is 10.1. The molecule has 0 aromatic heterocycles. The second-order valence-electron chi connectivity index (χ2n) is 4.37. The third-order valence-corrected chi connectivity index (χ3v) is 3.52. The van der Waals surface area contributed by atoms with Gasteiger partial charge in [-0.3, -0.25) is 0 Å². The second-order valence-corrected chi connectivity index (χ2v) is 5.27. The second kappa shape index (κ2) is 15.4. The first-order valence-electron chi connectivity index (χ1n) is 6.92. The van der Waals surface area contributed by atoms with E-state index in [1.165, 1.54) is 64.2 Å². The van der Waals surface area contributed by atoms with Crippen molar-refractivity contribution in [2.45, 2.75) is 71.1 Å². The summed E-state index contributed by atoms with van der Waals surface area (Å²) >= 11 is 1.57. The van der Waals surface area contributed by atoms with E-state index >= 15 is 0 Å². The molecule has 0 aliphatic carbocycles. The zero-order chi connectivity index (χ0) is 12.6. The summed E-state index contributed by atoms with van der Waals surface area (Å²) in [6.07, 6.45) is 13.7. The lowest BCUT2D eigenvalue weighted by Gasteiger charge is -2.01. The van der Waals surface area contributed by atoms with Gasteiger partial charge in [0.25, 0.3) is 0 Å². The Hall–Kier alpha value is -0.600. The fourth-order valence-corrected chi connectivity index (χ4v) is 2.34.